The Morgan fingerprint density at radius 2 is 1.89 bits per heavy atom. The maximum absolute atomic E-state index is 13.1. The van der Waals surface area contributed by atoms with Crippen LogP contribution in [-0.2, 0) is 20.8 Å². The van der Waals surface area contributed by atoms with E-state index in [-0.39, 0.29) is 19.0 Å². The quantitative estimate of drug-likeness (QED) is 0.448. The van der Waals surface area contributed by atoms with Crippen molar-refractivity contribution in [3.8, 4) is 17.6 Å². The lowest BCUT2D eigenvalue weighted by atomic mass is 9.99. The van der Waals surface area contributed by atoms with Crippen LogP contribution in [0.4, 0.5) is 4.79 Å². The third-order valence-corrected chi connectivity index (χ3v) is 5.66. The van der Waals surface area contributed by atoms with Crippen molar-refractivity contribution < 1.29 is 28.6 Å². The average Bonchev–Trinajstić information content (AvgIpc) is 3.20. The molecular formula is C26H23N3O6. The zero-order valence-corrected chi connectivity index (χ0v) is 19.5. The van der Waals surface area contributed by atoms with E-state index in [0.717, 1.165) is 16.5 Å². The molecular weight excluding hydrogens is 450 g/mol. The van der Waals surface area contributed by atoms with E-state index in [2.05, 4.69) is 22.1 Å². The van der Waals surface area contributed by atoms with Gasteiger partial charge in [-0.2, -0.15) is 0 Å². The Balaban J connectivity index is 1.73. The minimum absolute atomic E-state index is 0.218. The van der Waals surface area contributed by atoms with E-state index >= 15 is 0 Å². The summed E-state index contributed by atoms with van der Waals surface area (Å²) < 4.78 is 14.9. The monoisotopic (exact) mass is 473 g/mol. The summed E-state index contributed by atoms with van der Waals surface area (Å²) in [6.07, 6.45) is -0.901. The number of esters is 1. The Labute approximate surface area is 202 Å². The fourth-order valence-corrected chi connectivity index (χ4v) is 3.86. The van der Waals surface area contributed by atoms with Crippen molar-refractivity contribution in [3.63, 3.8) is 0 Å². The summed E-state index contributed by atoms with van der Waals surface area (Å²) in [6.45, 7) is -0.0547. The van der Waals surface area contributed by atoms with Gasteiger partial charge in [0.1, 0.15) is 11.4 Å². The lowest BCUT2D eigenvalue weighted by molar-refractivity contribution is -0.146. The summed E-state index contributed by atoms with van der Waals surface area (Å²) in [7, 11) is 3.86. The van der Waals surface area contributed by atoms with Crippen LogP contribution in [0, 0.1) is 11.8 Å². The minimum Gasteiger partial charge on any atom is -0.497 e. The third-order valence-electron chi connectivity index (χ3n) is 5.66. The number of ether oxygens (including phenoxy) is 3. The number of amides is 2. The van der Waals surface area contributed by atoms with Crippen LogP contribution in [0.3, 0.4) is 0 Å². The molecule has 178 valence electrons. The molecule has 2 aromatic carbocycles. The smallest absolute Gasteiger partial charge is 0.408 e. The first kappa shape index (κ1) is 23.6. The number of nitrogens with one attached hydrogen (secondary N) is 1. The van der Waals surface area contributed by atoms with Crippen LogP contribution in [0.1, 0.15) is 21.6 Å². The summed E-state index contributed by atoms with van der Waals surface area (Å²) in [5.74, 6) is 5.03. The first-order valence-corrected chi connectivity index (χ1v) is 10.7. The maximum atomic E-state index is 13.1. The van der Waals surface area contributed by atoms with Crippen molar-refractivity contribution in [2.24, 2.45) is 0 Å². The molecule has 0 aliphatic carbocycles. The van der Waals surface area contributed by atoms with E-state index in [9.17, 15) is 14.4 Å². The molecule has 0 bridgehead atoms. The Bertz CT molecular complexity index is 1380. The Hall–Kier alpha value is -4.58. The SMILES string of the molecule is COC(=O)N[C@](C#Cc1ccc2ccccc2n1)(CN1Cc2ccc(OC)cc2C1=O)C(=O)OC. The summed E-state index contributed by atoms with van der Waals surface area (Å²) in [5.41, 5.74) is 0.409. The largest absolute Gasteiger partial charge is 0.497 e. The Morgan fingerprint density at radius 1 is 1.09 bits per heavy atom. The molecule has 1 aromatic heterocycles. The normalized spacial score (nSPS) is 13.8. The molecule has 0 spiro atoms. The van der Waals surface area contributed by atoms with E-state index in [1.165, 1.54) is 26.2 Å². The highest BCUT2D eigenvalue weighted by Gasteiger charge is 2.45. The van der Waals surface area contributed by atoms with E-state index in [0.29, 0.717) is 17.0 Å². The number of rotatable bonds is 5. The Morgan fingerprint density at radius 3 is 2.63 bits per heavy atom. The molecule has 4 rings (SSSR count). The molecule has 35 heavy (non-hydrogen) atoms. The van der Waals surface area contributed by atoms with Crippen molar-refractivity contribution in [2.45, 2.75) is 12.1 Å². The summed E-state index contributed by atoms with van der Waals surface area (Å²) >= 11 is 0. The van der Waals surface area contributed by atoms with E-state index in [1.54, 1.807) is 24.3 Å². The third kappa shape index (κ3) is 4.73. The van der Waals surface area contributed by atoms with Crippen LogP contribution in [0.25, 0.3) is 10.9 Å². The van der Waals surface area contributed by atoms with E-state index in [1.807, 2.05) is 30.3 Å². The van der Waals surface area contributed by atoms with Crippen molar-refractivity contribution in [1.82, 2.24) is 15.2 Å². The van der Waals surface area contributed by atoms with Gasteiger partial charge >= 0.3 is 12.1 Å². The Kier molecular flexibility index (Phi) is 6.55. The molecule has 0 saturated heterocycles. The average molecular weight is 473 g/mol. The van der Waals surface area contributed by atoms with Crippen LogP contribution in [0.5, 0.6) is 5.75 Å². The fraction of sp³-hybridized carbons (Fsp3) is 0.231. The molecule has 1 aliphatic rings. The number of carbonyl (C=O) groups is 3. The second-order valence-electron chi connectivity index (χ2n) is 7.84. The van der Waals surface area contributed by atoms with Gasteiger partial charge in [-0.1, -0.05) is 36.3 Å². The number of carbonyl (C=O) groups excluding carboxylic acids is 3. The molecule has 0 saturated carbocycles. The van der Waals surface area contributed by atoms with Gasteiger partial charge in [0, 0.05) is 17.5 Å². The van der Waals surface area contributed by atoms with Crippen LogP contribution in [0.2, 0.25) is 0 Å². The molecule has 9 heteroatoms. The summed E-state index contributed by atoms with van der Waals surface area (Å²) in [4.78, 5) is 44.3. The number of benzene rings is 2. The highest BCUT2D eigenvalue weighted by molar-refractivity contribution is 6.00. The molecule has 3 aromatic rings. The van der Waals surface area contributed by atoms with Crippen molar-refractivity contribution in [2.75, 3.05) is 27.9 Å². The number of para-hydroxylation sites is 1. The molecule has 1 aliphatic heterocycles. The molecule has 0 fully saturated rings. The number of hydrogen-bond donors (Lipinski definition) is 1. The molecule has 2 heterocycles. The van der Waals surface area contributed by atoms with Gasteiger partial charge < -0.3 is 19.1 Å². The number of pyridine rings is 1. The zero-order chi connectivity index (χ0) is 25.0. The molecule has 1 N–H and O–H groups in total. The molecule has 2 amide bonds. The first-order valence-electron chi connectivity index (χ1n) is 10.7. The molecule has 9 nitrogen and oxygen atoms in total. The maximum Gasteiger partial charge on any atom is 0.408 e. The van der Waals surface area contributed by atoms with Gasteiger partial charge in [-0.25, -0.2) is 14.6 Å². The standard InChI is InChI=1S/C26H23N3O6/c1-33-20-11-9-18-15-29(23(30)21(18)14-20)16-26(24(31)34-2,28-25(32)35-3)13-12-19-10-8-17-6-4-5-7-22(17)27-19/h4-11,14H,15-16H2,1-3H3,(H,28,32)/t26-/m1/s1. The minimum atomic E-state index is -1.91. The van der Waals surface area contributed by atoms with Gasteiger partial charge in [0.15, 0.2) is 0 Å². The number of hydrogen-bond acceptors (Lipinski definition) is 7. The van der Waals surface area contributed by atoms with E-state index < -0.39 is 17.6 Å². The number of methoxy groups -OCH3 is 3. The van der Waals surface area contributed by atoms with Gasteiger partial charge in [0.25, 0.3) is 5.91 Å². The number of fused-ring (bicyclic) bond motifs is 2. The zero-order valence-electron chi connectivity index (χ0n) is 19.5. The van der Waals surface area contributed by atoms with Gasteiger partial charge in [0.2, 0.25) is 5.54 Å². The van der Waals surface area contributed by atoms with Crippen LogP contribution < -0.4 is 10.1 Å². The summed E-state index contributed by atoms with van der Waals surface area (Å²) in [5, 5.41) is 3.41. The van der Waals surface area contributed by atoms with E-state index in [4.69, 9.17) is 14.2 Å². The first-order chi connectivity index (χ1) is 16.9. The fourth-order valence-electron chi connectivity index (χ4n) is 3.86. The molecule has 0 radical (unpaired) electrons. The predicted molar refractivity (Wildman–Crippen MR) is 127 cm³/mol. The highest BCUT2D eigenvalue weighted by Crippen LogP contribution is 2.28. The number of alkyl carbamates (subject to hydrolysis) is 1. The summed E-state index contributed by atoms with van der Waals surface area (Å²) in [6, 6.07) is 16.3. The van der Waals surface area contributed by atoms with Gasteiger partial charge in [-0.3, -0.25) is 10.1 Å². The number of aromatic nitrogens is 1. The second-order valence-corrected chi connectivity index (χ2v) is 7.84. The molecule has 1 atom stereocenters. The molecule has 0 unspecified atom stereocenters. The number of nitrogens with zero attached hydrogens (tertiary/aromatic N) is 2. The van der Waals surface area contributed by atoms with Crippen molar-refractivity contribution in [1.29, 1.82) is 0 Å². The van der Waals surface area contributed by atoms with Crippen molar-refractivity contribution >= 4 is 28.9 Å². The van der Waals surface area contributed by atoms with Crippen molar-refractivity contribution in [3.05, 3.63) is 71.4 Å². The predicted octanol–water partition coefficient (Wildman–Crippen LogP) is 2.52. The second kappa shape index (κ2) is 9.73. The van der Waals surface area contributed by atoms with Crippen LogP contribution >= 0.6 is 0 Å². The lowest BCUT2D eigenvalue weighted by Gasteiger charge is -2.30. The van der Waals surface area contributed by atoms with Gasteiger partial charge in [-0.15, -0.1) is 0 Å². The van der Waals surface area contributed by atoms with Crippen LogP contribution in [-0.4, -0.2) is 61.3 Å². The highest BCUT2D eigenvalue weighted by atomic mass is 16.5. The van der Waals surface area contributed by atoms with Gasteiger partial charge in [0.05, 0.1) is 33.4 Å². The topological polar surface area (TPSA) is 107 Å². The lowest BCUT2D eigenvalue weighted by Crippen LogP contribution is -2.60. The van der Waals surface area contributed by atoms with Crippen LogP contribution in [0.15, 0.2) is 54.6 Å². The van der Waals surface area contributed by atoms with Gasteiger partial charge in [-0.05, 0) is 35.7 Å².